The molecule has 0 bridgehead atoms. The van der Waals surface area contributed by atoms with Gasteiger partial charge in [-0.2, -0.15) is 15.2 Å². The molecule has 0 spiro atoms. The standard InChI is InChI=1S/C32H31ClFN7O2/c1-3-29(42)41-13-12-40(18-21(41)9-10-35)31-24-14-27(34)23(25-17-36-16-20-6-4-8-26(33)30(20)25)15-28(24)37-32(38-31)43-19-22-7-5-11-39(22)2/h3-4,6,8,14-17,21-22H,1,5,7,9,11-13,18-19H2,2H3. The molecular formula is C32H31ClFN7O2. The highest BCUT2D eigenvalue weighted by molar-refractivity contribution is 6.36. The average molecular weight is 600 g/mol. The quantitative estimate of drug-likeness (QED) is 0.267. The Morgan fingerprint density at radius 2 is 2.07 bits per heavy atom. The number of hydrogen-bond acceptors (Lipinski definition) is 8. The van der Waals surface area contributed by atoms with Crippen molar-refractivity contribution in [1.29, 1.82) is 5.26 Å². The Morgan fingerprint density at radius 1 is 1.21 bits per heavy atom. The van der Waals surface area contributed by atoms with Gasteiger partial charge in [-0.3, -0.25) is 9.78 Å². The Kier molecular flexibility index (Phi) is 8.10. The molecule has 0 aliphatic carbocycles. The number of piperazine rings is 1. The van der Waals surface area contributed by atoms with Crippen molar-refractivity contribution in [3.05, 3.63) is 66.2 Å². The van der Waals surface area contributed by atoms with Crippen LogP contribution in [0.1, 0.15) is 19.3 Å². The number of nitriles is 1. The molecule has 2 saturated heterocycles. The lowest BCUT2D eigenvalue weighted by Gasteiger charge is -2.41. The van der Waals surface area contributed by atoms with E-state index >= 15 is 4.39 Å². The minimum Gasteiger partial charge on any atom is -0.462 e. The lowest BCUT2D eigenvalue weighted by molar-refractivity contribution is -0.128. The lowest BCUT2D eigenvalue weighted by atomic mass is 9.99. The van der Waals surface area contributed by atoms with Crippen molar-refractivity contribution in [2.24, 2.45) is 0 Å². The molecule has 2 aromatic carbocycles. The highest BCUT2D eigenvalue weighted by Gasteiger charge is 2.32. The van der Waals surface area contributed by atoms with E-state index in [1.54, 1.807) is 29.4 Å². The van der Waals surface area contributed by atoms with Crippen molar-refractivity contribution in [1.82, 2.24) is 24.8 Å². The van der Waals surface area contributed by atoms with Gasteiger partial charge in [-0.15, -0.1) is 0 Å². The molecule has 2 aliphatic heterocycles. The molecule has 9 nitrogen and oxygen atoms in total. The van der Waals surface area contributed by atoms with Crippen LogP contribution in [0.25, 0.3) is 32.8 Å². The van der Waals surface area contributed by atoms with Crippen LogP contribution in [0.2, 0.25) is 5.02 Å². The van der Waals surface area contributed by atoms with E-state index in [9.17, 15) is 10.1 Å². The summed E-state index contributed by atoms with van der Waals surface area (Å²) in [4.78, 5) is 32.2. The van der Waals surface area contributed by atoms with Gasteiger partial charge in [-0.05, 0) is 50.7 Å². The molecule has 220 valence electrons. The van der Waals surface area contributed by atoms with Gasteiger partial charge in [-0.1, -0.05) is 30.3 Å². The number of halogens is 2. The average Bonchev–Trinajstić information content (AvgIpc) is 3.43. The van der Waals surface area contributed by atoms with Crippen molar-refractivity contribution in [2.45, 2.75) is 31.3 Å². The van der Waals surface area contributed by atoms with Crippen molar-refractivity contribution in [3.8, 4) is 23.2 Å². The predicted octanol–water partition coefficient (Wildman–Crippen LogP) is 5.23. The Bertz CT molecular complexity index is 1750. The fourth-order valence-electron chi connectivity index (χ4n) is 6.11. The van der Waals surface area contributed by atoms with Crippen LogP contribution in [-0.4, -0.2) is 82.6 Å². The summed E-state index contributed by atoms with van der Waals surface area (Å²) in [5.74, 6) is -0.204. The van der Waals surface area contributed by atoms with Crippen LogP contribution in [0.3, 0.4) is 0 Å². The number of benzene rings is 2. The van der Waals surface area contributed by atoms with Crippen molar-refractivity contribution < 1.29 is 13.9 Å². The summed E-state index contributed by atoms with van der Waals surface area (Å²) in [7, 11) is 2.07. The predicted molar refractivity (Wildman–Crippen MR) is 165 cm³/mol. The minimum absolute atomic E-state index is 0.143. The molecule has 0 radical (unpaired) electrons. The molecular weight excluding hydrogens is 569 g/mol. The number of anilines is 1. The van der Waals surface area contributed by atoms with Crippen LogP contribution in [0.5, 0.6) is 6.01 Å². The van der Waals surface area contributed by atoms with Gasteiger partial charge in [-0.25, -0.2) is 4.39 Å². The first-order chi connectivity index (χ1) is 20.9. The fourth-order valence-corrected chi connectivity index (χ4v) is 6.40. The zero-order valence-electron chi connectivity index (χ0n) is 23.8. The third kappa shape index (κ3) is 5.58. The highest BCUT2D eigenvalue weighted by Crippen LogP contribution is 2.38. The first-order valence-electron chi connectivity index (χ1n) is 14.3. The minimum atomic E-state index is -0.470. The van der Waals surface area contributed by atoms with Crippen LogP contribution in [0.15, 0.2) is 55.4 Å². The van der Waals surface area contributed by atoms with E-state index in [2.05, 4.69) is 29.6 Å². The third-order valence-electron chi connectivity index (χ3n) is 8.41. The van der Waals surface area contributed by atoms with E-state index in [1.165, 1.54) is 12.1 Å². The Morgan fingerprint density at radius 3 is 2.84 bits per heavy atom. The summed E-state index contributed by atoms with van der Waals surface area (Å²) in [6.07, 6.45) is 6.84. The fraction of sp³-hybridized carbons (Fsp3) is 0.344. The monoisotopic (exact) mass is 599 g/mol. The SMILES string of the molecule is C=CC(=O)N1CCN(c2nc(OCC3CCCN3C)nc3cc(-c4cncc5cccc(Cl)c45)c(F)cc23)CC1CC#N. The molecule has 0 saturated carbocycles. The largest absolute Gasteiger partial charge is 0.462 e. The number of likely N-dealkylation sites (tertiary alicyclic amines) is 1. The molecule has 2 aliphatic rings. The van der Waals surface area contributed by atoms with Crippen LogP contribution in [0, 0.1) is 17.1 Å². The van der Waals surface area contributed by atoms with Crippen molar-refractivity contribution in [2.75, 3.05) is 44.7 Å². The molecule has 2 unspecified atom stereocenters. The number of amides is 1. The maximum Gasteiger partial charge on any atom is 0.319 e. The van der Waals surface area contributed by atoms with Crippen molar-refractivity contribution >= 4 is 45.0 Å². The summed E-state index contributed by atoms with van der Waals surface area (Å²) >= 11 is 6.57. The van der Waals surface area contributed by atoms with Crippen LogP contribution in [0.4, 0.5) is 10.2 Å². The van der Waals surface area contributed by atoms with E-state index in [4.69, 9.17) is 26.3 Å². The van der Waals surface area contributed by atoms with Crippen LogP contribution >= 0.6 is 11.6 Å². The molecule has 1 amide bonds. The molecule has 2 aromatic heterocycles. The second-order valence-electron chi connectivity index (χ2n) is 11.0. The number of fused-ring (bicyclic) bond motifs is 2. The van der Waals surface area contributed by atoms with E-state index in [0.717, 1.165) is 24.8 Å². The highest BCUT2D eigenvalue weighted by atomic mass is 35.5. The number of carbonyl (C=O) groups excluding carboxylic acids is 1. The van der Waals surface area contributed by atoms with E-state index < -0.39 is 5.82 Å². The zero-order chi connectivity index (χ0) is 30.1. The summed E-state index contributed by atoms with van der Waals surface area (Å²) in [6, 6.07) is 10.9. The van der Waals surface area contributed by atoms with Crippen LogP contribution in [-0.2, 0) is 4.79 Å². The maximum absolute atomic E-state index is 16.0. The van der Waals surface area contributed by atoms with Crippen LogP contribution < -0.4 is 9.64 Å². The number of hydrogen-bond donors (Lipinski definition) is 0. The second kappa shape index (κ2) is 12.1. The van der Waals surface area contributed by atoms with Gasteiger partial charge in [0.15, 0.2) is 0 Å². The summed E-state index contributed by atoms with van der Waals surface area (Å²) in [5, 5.41) is 12.0. The summed E-state index contributed by atoms with van der Waals surface area (Å²) in [5.41, 5.74) is 1.37. The normalized spacial score (nSPS) is 19.1. The third-order valence-corrected chi connectivity index (χ3v) is 8.72. The first-order valence-corrected chi connectivity index (χ1v) is 14.7. The van der Waals surface area contributed by atoms with E-state index in [-0.39, 0.29) is 30.4 Å². The molecule has 4 heterocycles. The van der Waals surface area contributed by atoms with Gasteiger partial charge in [0, 0.05) is 70.4 Å². The lowest BCUT2D eigenvalue weighted by Crippen LogP contribution is -2.55. The smallest absolute Gasteiger partial charge is 0.319 e. The maximum atomic E-state index is 16.0. The van der Waals surface area contributed by atoms with Gasteiger partial charge in [0.1, 0.15) is 18.2 Å². The number of aromatic nitrogens is 3. The van der Waals surface area contributed by atoms with Gasteiger partial charge < -0.3 is 19.4 Å². The molecule has 2 atom stereocenters. The Hall–Kier alpha value is -4.33. The zero-order valence-corrected chi connectivity index (χ0v) is 24.6. The summed E-state index contributed by atoms with van der Waals surface area (Å²) in [6.45, 7) is 6.19. The van der Waals surface area contributed by atoms with Gasteiger partial charge in [0.2, 0.25) is 5.91 Å². The number of likely N-dealkylation sites (N-methyl/N-ethyl adjacent to an activating group) is 1. The Labute approximate surface area is 254 Å². The number of nitrogens with zero attached hydrogens (tertiary/aromatic N) is 7. The molecule has 6 rings (SSSR count). The van der Waals surface area contributed by atoms with Gasteiger partial charge >= 0.3 is 6.01 Å². The van der Waals surface area contributed by atoms with Gasteiger partial charge in [0.25, 0.3) is 0 Å². The van der Waals surface area contributed by atoms with Gasteiger partial charge in [0.05, 0.1) is 24.0 Å². The number of carbonyl (C=O) groups is 1. The number of ether oxygens (including phenoxy) is 1. The van der Waals surface area contributed by atoms with E-state index in [1.807, 2.05) is 17.0 Å². The molecule has 43 heavy (non-hydrogen) atoms. The Balaban J connectivity index is 1.45. The number of rotatable bonds is 7. The first kappa shape index (κ1) is 28.8. The summed E-state index contributed by atoms with van der Waals surface area (Å²) < 4.78 is 22.2. The molecule has 4 aromatic rings. The number of pyridine rings is 1. The topological polar surface area (TPSA) is 98.5 Å². The van der Waals surface area contributed by atoms with Crippen molar-refractivity contribution in [3.63, 3.8) is 0 Å². The molecule has 2 fully saturated rings. The van der Waals surface area contributed by atoms with E-state index in [0.29, 0.717) is 64.5 Å². The second-order valence-corrected chi connectivity index (χ2v) is 11.4. The molecule has 11 heteroatoms. The molecule has 0 N–H and O–H groups in total.